The molecule has 0 aliphatic heterocycles. The zero-order chi connectivity index (χ0) is 12.2. The van der Waals surface area contributed by atoms with Crippen molar-refractivity contribution in [3.8, 4) is 5.75 Å². The molecule has 0 aromatic heterocycles. The molecule has 0 aliphatic carbocycles. The van der Waals surface area contributed by atoms with Gasteiger partial charge in [0.1, 0.15) is 5.75 Å². The van der Waals surface area contributed by atoms with Crippen molar-refractivity contribution in [3.05, 3.63) is 29.8 Å². The number of nitrogens with two attached hydrogens (primary N) is 1. The Kier molecular flexibility index (Phi) is 4.24. The van der Waals surface area contributed by atoms with Crippen LogP contribution < -0.4 is 10.5 Å². The van der Waals surface area contributed by atoms with Crippen LogP contribution in [-0.4, -0.2) is 19.1 Å². The lowest BCUT2D eigenvalue weighted by Gasteiger charge is -2.23. The maximum atomic E-state index is 12.5. The van der Waals surface area contributed by atoms with E-state index in [1.54, 1.807) is 7.11 Å². The van der Waals surface area contributed by atoms with Crippen LogP contribution in [0.4, 0.5) is 8.78 Å². The molecule has 1 rings (SSSR count). The molecule has 1 unspecified atom stereocenters. The van der Waals surface area contributed by atoms with Crippen molar-refractivity contribution < 1.29 is 13.5 Å². The third-order valence-electron chi connectivity index (χ3n) is 2.61. The van der Waals surface area contributed by atoms with Crippen LogP contribution in [0.25, 0.3) is 0 Å². The van der Waals surface area contributed by atoms with Crippen molar-refractivity contribution >= 4 is 0 Å². The van der Waals surface area contributed by atoms with Gasteiger partial charge in [-0.3, -0.25) is 0 Å². The van der Waals surface area contributed by atoms with Crippen LogP contribution in [0.1, 0.15) is 18.9 Å². The molecule has 90 valence electrons. The zero-order valence-corrected chi connectivity index (χ0v) is 9.54. The first kappa shape index (κ1) is 12.9. The second-order valence-corrected chi connectivity index (χ2v) is 4.15. The van der Waals surface area contributed by atoms with E-state index < -0.39 is 12.0 Å². The Hall–Kier alpha value is -1.16. The Morgan fingerprint density at radius 2 is 1.88 bits per heavy atom. The molecule has 16 heavy (non-hydrogen) atoms. The first-order valence-corrected chi connectivity index (χ1v) is 5.15. The Balaban J connectivity index is 2.54. The molecule has 0 saturated carbocycles. The number of ether oxygens (including phenoxy) is 1. The molecule has 0 spiro atoms. The van der Waals surface area contributed by atoms with E-state index in [-0.39, 0.29) is 6.42 Å². The van der Waals surface area contributed by atoms with Crippen molar-refractivity contribution in [1.82, 2.24) is 0 Å². The van der Waals surface area contributed by atoms with Crippen molar-refractivity contribution in [2.75, 3.05) is 7.11 Å². The van der Waals surface area contributed by atoms with Gasteiger partial charge in [0.25, 0.3) is 6.43 Å². The van der Waals surface area contributed by atoms with E-state index in [9.17, 15) is 8.78 Å². The molecule has 0 radical (unpaired) electrons. The highest BCUT2D eigenvalue weighted by Crippen LogP contribution is 2.20. The predicted molar refractivity (Wildman–Crippen MR) is 59.9 cm³/mol. The summed E-state index contributed by atoms with van der Waals surface area (Å²) in [5, 5.41) is 0. The Morgan fingerprint density at radius 1 is 1.31 bits per heavy atom. The summed E-state index contributed by atoms with van der Waals surface area (Å²) < 4.78 is 30.0. The van der Waals surface area contributed by atoms with Crippen LogP contribution in [0.3, 0.4) is 0 Å². The van der Waals surface area contributed by atoms with Gasteiger partial charge in [-0.2, -0.15) is 0 Å². The summed E-state index contributed by atoms with van der Waals surface area (Å²) in [6, 6.07) is 7.35. The summed E-state index contributed by atoms with van der Waals surface area (Å²) in [5.41, 5.74) is 5.06. The summed E-state index contributed by atoms with van der Waals surface area (Å²) in [5.74, 6) is 0.758. The molecule has 0 fully saturated rings. The molecular formula is C12H17F2NO. The van der Waals surface area contributed by atoms with E-state index in [0.717, 1.165) is 11.3 Å². The smallest absolute Gasteiger partial charge is 0.256 e. The van der Waals surface area contributed by atoms with E-state index in [1.807, 2.05) is 24.3 Å². The molecule has 0 amide bonds. The standard InChI is InChI=1S/C12H17F2NO/c1-12(15,11(13)14)8-7-9-3-5-10(16-2)6-4-9/h3-6,11H,7-8,15H2,1-2H3. The van der Waals surface area contributed by atoms with Crippen LogP contribution >= 0.6 is 0 Å². The Labute approximate surface area is 94.4 Å². The fourth-order valence-electron chi connectivity index (χ4n) is 1.31. The monoisotopic (exact) mass is 229 g/mol. The van der Waals surface area contributed by atoms with E-state index in [0.29, 0.717) is 6.42 Å². The van der Waals surface area contributed by atoms with Crippen molar-refractivity contribution in [1.29, 1.82) is 0 Å². The Morgan fingerprint density at radius 3 is 2.31 bits per heavy atom. The van der Waals surface area contributed by atoms with Crippen LogP contribution in [0.5, 0.6) is 5.75 Å². The van der Waals surface area contributed by atoms with Crippen LogP contribution in [-0.2, 0) is 6.42 Å². The van der Waals surface area contributed by atoms with E-state index in [4.69, 9.17) is 10.5 Å². The number of hydrogen-bond donors (Lipinski definition) is 1. The highest BCUT2D eigenvalue weighted by Gasteiger charge is 2.29. The summed E-state index contributed by atoms with van der Waals surface area (Å²) in [7, 11) is 1.59. The summed E-state index contributed by atoms with van der Waals surface area (Å²) >= 11 is 0. The van der Waals surface area contributed by atoms with E-state index >= 15 is 0 Å². The van der Waals surface area contributed by atoms with E-state index in [1.165, 1.54) is 6.92 Å². The van der Waals surface area contributed by atoms with Crippen LogP contribution in [0.15, 0.2) is 24.3 Å². The van der Waals surface area contributed by atoms with Gasteiger partial charge in [0, 0.05) is 0 Å². The van der Waals surface area contributed by atoms with Crippen LogP contribution in [0, 0.1) is 0 Å². The van der Waals surface area contributed by atoms with Gasteiger partial charge in [-0.1, -0.05) is 12.1 Å². The quantitative estimate of drug-likeness (QED) is 0.842. The summed E-state index contributed by atoms with van der Waals surface area (Å²) in [6.07, 6.45) is -1.69. The fourth-order valence-corrected chi connectivity index (χ4v) is 1.31. The largest absolute Gasteiger partial charge is 0.497 e. The normalized spacial score (nSPS) is 14.9. The lowest BCUT2D eigenvalue weighted by atomic mass is 9.95. The minimum atomic E-state index is -2.49. The number of methoxy groups -OCH3 is 1. The van der Waals surface area contributed by atoms with Gasteiger partial charge in [0.2, 0.25) is 0 Å². The predicted octanol–water partition coefficient (Wildman–Crippen LogP) is 2.61. The lowest BCUT2D eigenvalue weighted by molar-refractivity contribution is 0.0591. The highest BCUT2D eigenvalue weighted by atomic mass is 19.3. The minimum Gasteiger partial charge on any atom is -0.497 e. The maximum Gasteiger partial charge on any atom is 0.256 e. The highest BCUT2D eigenvalue weighted by molar-refractivity contribution is 5.27. The van der Waals surface area contributed by atoms with Gasteiger partial charge in [-0.15, -0.1) is 0 Å². The maximum absolute atomic E-state index is 12.5. The molecule has 1 atom stereocenters. The zero-order valence-electron chi connectivity index (χ0n) is 9.54. The molecular weight excluding hydrogens is 212 g/mol. The second-order valence-electron chi connectivity index (χ2n) is 4.15. The first-order chi connectivity index (χ1) is 7.45. The van der Waals surface area contributed by atoms with Gasteiger partial charge >= 0.3 is 0 Å². The summed E-state index contributed by atoms with van der Waals surface area (Å²) in [6.45, 7) is 1.38. The topological polar surface area (TPSA) is 35.2 Å². The molecule has 2 N–H and O–H groups in total. The van der Waals surface area contributed by atoms with Gasteiger partial charge in [-0.05, 0) is 37.5 Å². The van der Waals surface area contributed by atoms with Crippen molar-refractivity contribution in [2.24, 2.45) is 5.73 Å². The third kappa shape index (κ3) is 3.45. The number of benzene rings is 1. The molecule has 0 saturated heterocycles. The first-order valence-electron chi connectivity index (χ1n) is 5.15. The molecule has 2 nitrogen and oxygen atoms in total. The fraction of sp³-hybridized carbons (Fsp3) is 0.500. The third-order valence-corrected chi connectivity index (χ3v) is 2.61. The SMILES string of the molecule is COc1ccc(CCC(C)(N)C(F)F)cc1. The number of halogens is 2. The second kappa shape index (κ2) is 5.25. The van der Waals surface area contributed by atoms with Crippen molar-refractivity contribution in [3.63, 3.8) is 0 Å². The minimum absolute atomic E-state index is 0.261. The van der Waals surface area contributed by atoms with Gasteiger partial charge in [0.15, 0.2) is 0 Å². The number of hydrogen-bond acceptors (Lipinski definition) is 2. The number of alkyl halides is 2. The molecule has 1 aromatic rings. The lowest BCUT2D eigenvalue weighted by Crippen LogP contribution is -2.44. The molecule has 1 aromatic carbocycles. The van der Waals surface area contributed by atoms with Gasteiger partial charge in [-0.25, -0.2) is 8.78 Å². The number of aryl methyl sites for hydroxylation is 1. The average molecular weight is 229 g/mol. The van der Waals surface area contributed by atoms with Gasteiger partial charge in [0.05, 0.1) is 12.6 Å². The molecule has 0 aliphatic rings. The van der Waals surface area contributed by atoms with E-state index in [2.05, 4.69) is 0 Å². The molecule has 0 heterocycles. The number of rotatable bonds is 5. The average Bonchev–Trinajstić information content (AvgIpc) is 2.27. The van der Waals surface area contributed by atoms with Crippen molar-refractivity contribution in [2.45, 2.75) is 31.7 Å². The van der Waals surface area contributed by atoms with Gasteiger partial charge < -0.3 is 10.5 Å². The Bertz CT molecular complexity index is 322. The molecule has 0 bridgehead atoms. The molecule has 4 heteroatoms. The van der Waals surface area contributed by atoms with Crippen LogP contribution in [0.2, 0.25) is 0 Å². The summed E-state index contributed by atoms with van der Waals surface area (Å²) in [4.78, 5) is 0.